The van der Waals surface area contributed by atoms with Crippen LogP contribution in [0, 0.1) is 18.6 Å². The van der Waals surface area contributed by atoms with Crippen LogP contribution in [-0.2, 0) is 0 Å². The van der Waals surface area contributed by atoms with Gasteiger partial charge in [0.25, 0.3) is 0 Å². The molecule has 2 aromatic carbocycles. The van der Waals surface area contributed by atoms with Crippen LogP contribution in [-0.4, -0.2) is 4.98 Å². The fourth-order valence-electron chi connectivity index (χ4n) is 2.11. The Morgan fingerprint density at radius 1 is 0.950 bits per heavy atom. The van der Waals surface area contributed by atoms with E-state index in [1.54, 1.807) is 12.3 Å². The summed E-state index contributed by atoms with van der Waals surface area (Å²) >= 11 is 0. The number of anilines is 2. The lowest BCUT2D eigenvalue weighted by atomic mass is 10.1. The van der Waals surface area contributed by atoms with Crippen molar-refractivity contribution in [1.82, 2.24) is 4.98 Å². The minimum Gasteiger partial charge on any atom is -0.353 e. The van der Waals surface area contributed by atoms with Crippen molar-refractivity contribution in [1.29, 1.82) is 0 Å². The van der Waals surface area contributed by atoms with E-state index < -0.39 is 11.6 Å². The van der Waals surface area contributed by atoms with Gasteiger partial charge in [0.05, 0.1) is 11.2 Å². The highest BCUT2D eigenvalue weighted by molar-refractivity contribution is 5.93. The average molecular weight is 270 g/mol. The van der Waals surface area contributed by atoms with E-state index in [4.69, 9.17) is 0 Å². The third-order valence-corrected chi connectivity index (χ3v) is 3.10. The SMILES string of the molecule is Cc1ccc2nccc(Nc3ccc(F)cc3F)c2c1. The van der Waals surface area contributed by atoms with Gasteiger partial charge in [-0.15, -0.1) is 0 Å². The zero-order valence-corrected chi connectivity index (χ0v) is 10.8. The molecule has 0 aliphatic heterocycles. The van der Waals surface area contributed by atoms with Crippen LogP contribution in [0.25, 0.3) is 10.9 Å². The van der Waals surface area contributed by atoms with Crippen molar-refractivity contribution >= 4 is 22.3 Å². The van der Waals surface area contributed by atoms with Gasteiger partial charge < -0.3 is 5.32 Å². The van der Waals surface area contributed by atoms with Crippen molar-refractivity contribution in [3.63, 3.8) is 0 Å². The van der Waals surface area contributed by atoms with E-state index >= 15 is 0 Å². The number of hydrogen-bond donors (Lipinski definition) is 1. The Balaban J connectivity index is 2.08. The molecule has 0 saturated heterocycles. The lowest BCUT2D eigenvalue weighted by Crippen LogP contribution is -1.96. The minimum atomic E-state index is -0.623. The van der Waals surface area contributed by atoms with Gasteiger partial charge in [0.1, 0.15) is 11.6 Å². The number of rotatable bonds is 2. The molecule has 0 atom stereocenters. The number of aromatic nitrogens is 1. The quantitative estimate of drug-likeness (QED) is 0.738. The van der Waals surface area contributed by atoms with Crippen LogP contribution < -0.4 is 5.32 Å². The van der Waals surface area contributed by atoms with E-state index in [0.29, 0.717) is 0 Å². The monoisotopic (exact) mass is 270 g/mol. The summed E-state index contributed by atoms with van der Waals surface area (Å²) in [5, 5.41) is 3.89. The first kappa shape index (κ1) is 12.5. The summed E-state index contributed by atoms with van der Waals surface area (Å²) in [6.45, 7) is 1.98. The minimum absolute atomic E-state index is 0.236. The molecule has 0 radical (unpaired) electrons. The van der Waals surface area contributed by atoms with Crippen molar-refractivity contribution in [2.45, 2.75) is 6.92 Å². The standard InChI is InChI=1S/C16H12F2N2/c1-10-2-4-14-12(8-10)15(6-7-19-14)20-16-5-3-11(17)9-13(16)18/h2-9H,1H3,(H,19,20). The van der Waals surface area contributed by atoms with Gasteiger partial charge in [-0.1, -0.05) is 11.6 Å². The number of nitrogens with one attached hydrogen (secondary N) is 1. The van der Waals surface area contributed by atoms with Gasteiger partial charge in [0.2, 0.25) is 0 Å². The maximum Gasteiger partial charge on any atom is 0.149 e. The number of aryl methyl sites for hydroxylation is 1. The van der Waals surface area contributed by atoms with Gasteiger partial charge in [0, 0.05) is 23.3 Å². The van der Waals surface area contributed by atoms with Crippen LogP contribution in [0.1, 0.15) is 5.56 Å². The highest BCUT2D eigenvalue weighted by Gasteiger charge is 2.07. The zero-order valence-electron chi connectivity index (χ0n) is 10.8. The van der Waals surface area contributed by atoms with Gasteiger partial charge in [-0.05, 0) is 37.3 Å². The van der Waals surface area contributed by atoms with Crippen molar-refractivity contribution in [3.8, 4) is 0 Å². The van der Waals surface area contributed by atoms with Gasteiger partial charge in [0.15, 0.2) is 0 Å². The predicted octanol–water partition coefficient (Wildman–Crippen LogP) is 4.57. The molecule has 0 spiro atoms. The van der Waals surface area contributed by atoms with E-state index in [9.17, 15) is 8.78 Å². The number of fused-ring (bicyclic) bond motifs is 1. The fraction of sp³-hybridized carbons (Fsp3) is 0.0625. The highest BCUT2D eigenvalue weighted by atomic mass is 19.1. The molecule has 20 heavy (non-hydrogen) atoms. The Bertz CT molecular complexity index is 785. The number of nitrogens with zero attached hydrogens (tertiary/aromatic N) is 1. The second-order valence-corrected chi connectivity index (χ2v) is 4.63. The van der Waals surface area contributed by atoms with Gasteiger partial charge in [-0.2, -0.15) is 0 Å². The normalized spacial score (nSPS) is 10.8. The summed E-state index contributed by atoms with van der Waals surface area (Å²) in [4.78, 5) is 4.27. The van der Waals surface area contributed by atoms with Crippen LogP contribution >= 0.6 is 0 Å². The highest BCUT2D eigenvalue weighted by Crippen LogP contribution is 2.27. The van der Waals surface area contributed by atoms with Crippen LogP contribution in [0.15, 0.2) is 48.7 Å². The maximum atomic E-state index is 13.7. The molecule has 3 rings (SSSR count). The van der Waals surface area contributed by atoms with E-state index in [1.165, 1.54) is 12.1 Å². The van der Waals surface area contributed by atoms with E-state index in [-0.39, 0.29) is 5.69 Å². The zero-order chi connectivity index (χ0) is 14.1. The van der Waals surface area contributed by atoms with E-state index in [1.807, 2.05) is 25.1 Å². The summed E-state index contributed by atoms with van der Waals surface area (Å²) < 4.78 is 26.6. The van der Waals surface area contributed by atoms with Crippen LogP contribution in [0.5, 0.6) is 0 Å². The Morgan fingerprint density at radius 3 is 2.60 bits per heavy atom. The number of benzene rings is 2. The van der Waals surface area contributed by atoms with Gasteiger partial charge in [-0.3, -0.25) is 4.98 Å². The summed E-state index contributed by atoms with van der Waals surface area (Å²) in [6.07, 6.45) is 1.65. The van der Waals surface area contributed by atoms with Crippen LogP contribution in [0.2, 0.25) is 0 Å². The Hall–Kier alpha value is -2.49. The third-order valence-electron chi connectivity index (χ3n) is 3.10. The third kappa shape index (κ3) is 2.32. The molecule has 0 fully saturated rings. The Kier molecular flexibility index (Phi) is 3.06. The van der Waals surface area contributed by atoms with E-state index in [0.717, 1.165) is 28.2 Å². The smallest absolute Gasteiger partial charge is 0.149 e. The molecule has 0 aliphatic carbocycles. The molecule has 0 saturated carbocycles. The van der Waals surface area contributed by atoms with E-state index in [2.05, 4.69) is 10.3 Å². The molecule has 1 heterocycles. The average Bonchev–Trinajstić information content (AvgIpc) is 2.42. The van der Waals surface area contributed by atoms with Gasteiger partial charge in [-0.25, -0.2) is 8.78 Å². The summed E-state index contributed by atoms with van der Waals surface area (Å²) in [5.41, 5.74) is 2.89. The van der Waals surface area contributed by atoms with Crippen molar-refractivity contribution in [2.24, 2.45) is 0 Å². The lowest BCUT2D eigenvalue weighted by Gasteiger charge is -2.10. The molecule has 0 amide bonds. The molecule has 100 valence electrons. The predicted molar refractivity (Wildman–Crippen MR) is 76.1 cm³/mol. The second-order valence-electron chi connectivity index (χ2n) is 4.63. The summed E-state index contributed by atoms with van der Waals surface area (Å²) in [5.74, 6) is -1.22. The summed E-state index contributed by atoms with van der Waals surface area (Å²) in [6, 6.07) is 11.1. The lowest BCUT2D eigenvalue weighted by molar-refractivity contribution is 0.586. The second kappa shape index (κ2) is 4.89. The number of hydrogen-bond acceptors (Lipinski definition) is 2. The molecule has 1 aromatic heterocycles. The maximum absolute atomic E-state index is 13.7. The molecule has 2 nitrogen and oxygen atoms in total. The van der Waals surface area contributed by atoms with Crippen LogP contribution in [0.3, 0.4) is 0 Å². The first-order valence-corrected chi connectivity index (χ1v) is 6.21. The molecule has 0 unspecified atom stereocenters. The Labute approximate surface area is 115 Å². The van der Waals surface area contributed by atoms with Crippen LogP contribution in [0.4, 0.5) is 20.2 Å². The Morgan fingerprint density at radius 2 is 1.80 bits per heavy atom. The fourth-order valence-corrected chi connectivity index (χ4v) is 2.11. The first-order chi connectivity index (χ1) is 9.63. The number of pyridine rings is 1. The summed E-state index contributed by atoms with van der Waals surface area (Å²) in [7, 11) is 0. The molecular weight excluding hydrogens is 258 g/mol. The molecule has 3 aromatic rings. The molecule has 0 bridgehead atoms. The first-order valence-electron chi connectivity index (χ1n) is 6.21. The molecule has 0 aliphatic rings. The largest absolute Gasteiger partial charge is 0.353 e. The van der Waals surface area contributed by atoms with Crippen molar-refractivity contribution in [3.05, 3.63) is 65.9 Å². The molecule has 4 heteroatoms. The van der Waals surface area contributed by atoms with Crippen molar-refractivity contribution < 1.29 is 8.78 Å². The van der Waals surface area contributed by atoms with Gasteiger partial charge >= 0.3 is 0 Å². The van der Waals surface area contributed by atoms with Crippen molar-refractivity contribution in [2.75, 3.05) is 5.32 Å². The molecule has 1 N–H and O–H groups in total. The topological polar surface area (TPSA) is 24.9 Å². The molecular formula is C16H12F2N2. The number of halogens is 2.